The van der Waals surface area contributed by atoms with Crippen LogP contribution in [0.2, 0.25) is 0 Å². The number of aryl methyl sites for hydroxylation is 2. The largest absolute Gasteiger partial charge is 0.497 e. The number of thioether (sulfide) groups is 1. The highest BCUT2D eigenvalue weighted by molar-refractivity contribution is 8.00. The minimum absolute atomic E-state index is 0.0116. The fraction of sp³-hybridized carbons (Fsp3) is 0.320. The van der Waals surface area contributed by atoms with Gasteiger partial charge in [0.1, 0.15) is 29.5 Å². The maximum atomic E-state index is 13.0. The second-order valence-corrected chi connectivity index (χ2v) is 9.32. The predicted molar refractivity (Wildman–Crippen MR) is 127 cm³/mol. The molecule has 4 rings (SSSR count). The number of carbonyl (C=O) groups is 3. The third-order valence-electron chi connectivity index (χ3n) is 5.87. The number of aliphatic hydroxyl groups excluding tert-OH is 1. The number of amides is 2. The highest BCUT2D eigenvalue weighted by Crippen LogP contribution is 2.40. The number of β-lactam (4-membered cyclic amide) rings is 1. The van der Waals surface area contributed by atoms with Crippen molar-refractivity contribution in [1.29, 1.82) is 0 Å². The first-order valence-electron chi connectivity index (χ1n) is 10.8. The lowest BCUT2D eigenvalue weighted by Crippen LogP contribution is -2.70. The first-order valence-corrected chi connectivity index (χ1v) is 11.8. The van der Waals surface area contributed by atoms with Crippen molar-refractivity contribution < 1.29 is 29.0 Å². The van der Waals surface area contributed by atoms with Crippen molar-refractivity contribution in [2.45, 2.75) is 31.9 Å². The van der Waals surface area contributed by atoms with Crippen molar-refractivity contribution in [2.24, 2.45) is 0 Å². The maximum absolute atomic E-state index is 13.0. The van der Waals surface area contributed by atoms with Crippen molar-refractivity contribution in [2.75, 3.05) is 19.5 Å². The van der Waals surface area contributed by atoms with Crippen LogP contribution in [0.5, 0.6) is 5.75 Å². The van der Waals surface area contributed by atoms with Crippen LogP contribution in [-0.4, -0.2) is 58.7 Å². The zero-order chi connectivity index (χ0) is 24.4. The Kier molecular flexibility index (Phi) is 6.95. The van der Waals surface area contributed by atoms with E-state index in [9.17, 15) is 19.5 Å². The Balaban J connectivity index is 1.45. The molecule has 0 bridgehead atoms. The van der Waals surface area contributed by atoms with Gasteiger partial charge >= 0.3 is 5.97 Å². The number of hydrogen-bond acceptors (Lipinski definition) is 7. The molecule has 0 spiro atoms. The summed E-state index contributed by atoms with van der Waals surface area (Å²) in [7, 11) is 1.57. The summed E-state index contributed by atoms with van der Waals surface area (Å²) in [5, 5.41) is 12.1. The number of aliphatic hydroxyl groups is 1. The molecule has 0 aromatic heterocycles. The van der Waals surface area contributed by atoms with Gasteiger partial charge in [0.2, 0.25) is 0 Å². The molecule has 0 unspecified atom stereocenters. The molecule has 2 atom stereocenters. The van der Waals surface area contributed by atoms with Gasteiger partial charge in [-0.3, -0.25) is 14.5 Å². The molecule has 2 aliphatic rings. The molecule has 1 saturated heterocycles. The molecule has 2 aromatic rings. The van der Waals surface area contributed by atoms with E-state index >= 15 is 0 Å². The molecule has 8 nitrogen and oxygen atoms in total. The monoisotopic (exact) mass is 482 g/mol. The Morgan fingerprint density at radius 3 is 2.56 bits per heavy atom. The molecule has 2 heterocycles. The molecule has 2 amide bonds. The number of carbonyl (C=O) groups excluding carboxylic acids is 3. The zero-order valence-electron chi connectivity index (χ0n) is 19.2. The molecule has 34 heavy (non-hydrogen) atoms. The van der Waals surface area contributed by atoms with E-state index in [2.05, 4.69) is 5.32 Å². The fourth-order valence-electron chi connectivity index (χ4n) is 4.02. The van der Waals surface area contributed by atoms with Crippen molar-refractivity contribution >= 4 is 29.5 Å². The average Bonchev–Trinajstić information content (AvgIpc) is 2.84. The average molecular weight is 483 g/mol. The summed E-state index contributed by atoms with van der Waals surface area (Å²) in [6.07, 6.45) is 0. The third kappa shape index (κ3) is 4.53. The molecule has 1 fully saturated rings. The van der Waals surface area contributed by atoms with Gasteiger partial charge in [0, 0.05) is 11.3 Å². The summed E-state index contributed by atoms with van der Waals surface area (Å²) in [6.45, 7) is 3.44. The van der Waals surface area contributed by atoms with E-state index in [-0.39, 0.29) is 24.8 Å². The molecule has 0 radical (unpaired) electrons. The zero-order valence-corrected chi connectivity index (χ0v) is 20.0. The van der Waals surface area contributed by atoms with Crippen LogP contribution in [0.1, 0.15) is 27.0 Å². The quantitative estimate of drug-likeness (QED) is 0.461. The number of ether oxygens (including phenoxy) is 2. The minimum Gasteiger partial charge on any atom is -0.497 e. The van der Waals surface area contributed by atoms with Gasteiger partial charge in [-0.05, 0) is 48.7 Å². The van der Waals surface area contributed by atoms with E-state index in [0.717, 1.165) is 16.7 Å². The molecular weight excluding hydrogens is 456 g/mol. The first kappa shape index (κ1) is 23.8. The standard InChI is InChI=1S/C25H26N2O6S/c1-14-4-9-19(15(2)10-14)22(29)26-20-23(30)27-21(17(11-28)13-34-24(20)27)25(31)33-12-16-5-7-18(32-3)8-6-16/h4-10,20,24,28H,11-13H2,1-3H3,(H,26,29)/t20-,24-/m0/s1. The number of methoxy groups -OCH3 is 1. The number of nitrogens with one attached hydrogen (secondary N) is 1. The summed E-state index contributed by atoms with van der Waals surface area (Å²) in [4.78, 5) is 40.0. The van der Waals surface area contributed by atoms with Crippen LogP contribution in [0.4, 0.5) is 0 Å². The van der Waals surface area contributed by atoms with Crippen LogP contribution in [0.15, 0.2) is 53.7 Å². The van der Waals surface area contributed by atoms with Gasteiger partial charge in [-0.2, -0.15) is 0 Å². The summed E-state index contributed by atoms with van der Waals surface area (Å²) >= 11 is 1.39. The molecule has 2 N–H and O–H groups in total. The number of benzene rings is 2. The van der Waals surface area contributed by atoms with Gasteiger partial charge in [-0.25, -0.2) is 4.79 Å². The number of hydrogen-bond donors (Lipinski definition) is 2. The van der Waals surface area contributed by atoms with E-state index in [1.807, 2.05) is 26.0 Å². The Bertz CT molecular complexity index is 1160. The van der Waals surface area contributed by atoms with Crippen LogP contribution in [-0.2, 0) is 20.9 Å². The number of esters is 1. The second-order valence-electron chi connectivity index (χ2n) is 8.21. The molecule has 0 aliphatic carbocycles. The normalized spacial score (nSPS) is 19.3. The van der Waals surface area contributed by atoms with Gasteiger partial charge in [0.15, 0.2) is 0 Å². The van der Waals surface area contributed by atoms with E-state index < -0.39 is 23.3 Å². The molecular formula is C25H26N2O6S. The lowest BCUT2D eigenvalue weighted by Gasteiger charge is -2.49. The lowest BCUT2D eigenvalue weighted by atomic mass is 10.0. The summed E-state index contributed by atoms with van der Waals surface area (Å²) in [5.74, 6) is -0.381. The van der Waals surface area contributed by atoms with Gasteiger partial charge in [-0.1, -0.05) is 29.8 Å². The van der Waals surface area contributed by atoms with Gasteiger partial charge in [0.25, 0.3) is 11.8 Å². The molecule has 2 aliphatic heterocycles. The SMILES string of the molecule is COc1ccc(COC(=O)C2=C(CO)CS[C@H]3[C@@H](NC(=O)c4ccc(C)cc4C)C(=O)N23)cc1. The Morgan fingerprint density at radius 2 is 1.91 bits per heavy atom. The maximum Gasteiger partial charge on any atom is 0.355 e. The Hall–Kier alpha value is -3.30. The minimum atomic E-state index is -0.761. The smallest absolute Gasteiger partial charge is 0.355 e. The first-order chi connectivity index (χ1) is 16.3. The lowest BCUT2D eigenvalue weighted by molar-refractivity contribution is -0.152. The summed E-state index contributed by atoms with van der Waals surface area (Å²) < 4.78 is 10.6. The Morgan fingerprint density at radius 1 is 1.18 bits per heavy atom. The molecule has 9 heteroatoms. The van der Waals surface area contributed by atoms with Crippen molar-refractivity contribution in [3.8, 4) is 5.75 Å². The highest BCUT2D eigenvalue weighted by Gasteiger charge is 2.54. The van der Waals surface area contributed by atoms with Crippen LogP contribution < -0.4 is 10.1 Å². The second kappa shape index (κ2) is 9.90. The van der Waals surface area contributed by atoms with Gasteiger partial charge < -0.3 is 19.9 Å². The van der Waals surface area contributed by atoms with Gasteiger partial charge in [0.05, 0.1) is 13.7 Å². The van der Waals surface area contributed by atoms with E-state index in [0.29, 0.717) is 22.6 Å². The summed E-state index contributed by atoms with van der Waals surface area (Å²) in [6, 6.07) is 11.8. The fourth-order valence-corrected chi connectivity index (χ4v) is 5.35. The molecule has 0 saturated carbocycles. The highest BCUT2D eigenvalue weighted by atomic mass is 32.2. The predicted octanol–water partition coefficient (Wildman–Crippen LogP) is 2.32. The van der Waals surface area contributed by atoms with Crippen LogP contribution in [0.3, 0.4) is 0 Å². The van der Waals surface area contributed by atoms with Crippen LogP contribution >= 0.6 is 11.8 Å². The number of fused-ring (bicyclic) bond motifs is 1. The van der Waals surface area contributed by atoms with Crippen molar-refractivity contribution in [3.05, 3.63) is 76.0 Å². The number of rotatable bonds is 7. The van der Waals surface area contributed by atoms with Crippen LogP contribution in [0.25, 0.3) is 0 Å². The van der Waals surface area contributed by atoms with E-state index in [1.165, 1.54) is 16.7 Å². The van der Waals surface area contributed by atoms with Gasteiger partial charge in [-0.15, -0.1) is 11.8 Å². The van der Waals surface area contributed by atoms with E-state index in [1.54, 1.807) is 37.4 Å². The molecule has 178 valence electrons. The van der Waals surface area contributed by atoms with Crippen molar-refractivity contribution in [3.63, 3.8) is 0 Å². The third-order valence-corrected chi connectivity index (χ3v) is 7.21. The van der Waals surface area contributed by atoms with E-state index in [4.69, 9.17) is 9.47 Å². The topological polar surface area (TPSA) is 105 Å². The number of nitrogens with zero attached hydrogens (tertiary/aromatic N) is 1. The van der Waals surface area contributed by atoms with Crippen molar-refractivity contribution in [1.82, 2.24) is 10.2 Å². The van der Waals surface area contributed by atoms with Crippen LogP contribution in [0, 0.1) is 13.8 Å². The molecule has 2 aromatic carbocycles. The Labute approximate surface area is 201 Å². The summed E-state index contributed by atoms with van der Waals surface area (Å²) in [5.41, 5.74) is 3.61.